The van der Waals surface area contributed by atoms with E-state index in [2.05, 4.69) is 5.32 Å². The summed E-state index contributed by atoms with van der Waals surface area (Å²) in [5, 5.41) is 3.55. The van der Waals surface area contributed by atoms with Crippen molar-refractivity contribution in [3.63, 3.8) is 0 Å². The van der Waals surface area contributed by atoms with Gasteiger partial charge in [-0.25, -0.2) is 0 Å². The fourth-order valence-corrected chi connectivity index (χ4v) is 4.28. The lowest BCUT2D eigenvalue weighted by molar-refractivity contribution is 0.0710. The average molecular weight is 478 g/mol. The molecule has 1 saturated heterocycles. The van der Waals surface area contributed by atoms with E-state index in [0.29, 0.717) is 42.4 Å². The van der Waals surface area contributed by atoms with Crippen molar-refractivity contribution in [1.82, 2.24) is 15.2 Å². The van der Waals surface area contributed by atoms with E-state index in [1.165, 1.54) is 0 Å². The highest BCUT2D eigenvalue weighted by atomic mass is 35.5. The van der Waals surface area contributed by atoms with Gasteiger partial charge >= 0.3 is 0 Å². The number of benzene rings is 2. The molecular weight excluding hydrogens is 450 g/mol. The molecule has 7 heteroatoms. The molecule has 0 aliphatic carbocycles. The number of likely N-dealkylation sites (tertiary alicyclic amines) is 1. The van der Waals surface area contributed by atoms with E-state index >= 15 is 0 Å². The van der Waals surface area contributed by atoms with Crippen LogP contribution in [0.2, 0.25) is 5.02 Å². The molecule has 2 aromatic carbocycles. The lowest BCUT2D eigenvalue weighted by atomic mass is 9.89. The molecule has 176 valence electrons. The van der Waals surface area contributed by atoms with E-state index in [-0.39, 0.29) is 17.7 Å². The van der Waals surface area contributed by atoms with Crippen LogP contribution in [0.1, 0.15) is 50.9 Å². The second kappa shape index (κ2) is 11.2. The van der Waals surface area contributed by atoms with Crippen molar-refractivity contribution in [3.05, 3.63) is 94.3 Å². The molecule has 0 radical (unpaired) electrons. The predicted molar refractivity (Wildman–Crippen MR) is 133 cm³/mol. The fraction of sp³-hybridized carbons (Fsp3) is 0.296. The second-order valence-electron chi connectivity index (χ2n) is 8.38. The summed E-state index contributed by atoms with van der Waals surface area (Å²) in [4.78, 5) is 32.3. The number of piperidine rings is 1. The monoisotopic (exact) mass is 477 g/mol. The van der Waals surface area contributed by atoms with E-state index in [1.807, 2.05) is 54.3 Å². The van der Waals surface area contributed by atoms with Gasteiger partial charge in [-0.15, -0.1) is 0 Å². The Morgan fingerprint density at radius 3 is 2.44 bits per heavy atom. The minimum absolute atomic E-state index is 0.00343. The molecule has 2 heterocycles. The van der Waals surface area contributed by atoms with E-state index in [1.54, 1.807) is 24.3 Å². The third-order valence-corrected chi connectivity index (χ3v) is 6.22. The molecule has 1 aliphatic heterocycles. The van der Waals surface area contributed by atoms with E-state index < -0.39 is 0 Å². The minimum atomic E-state index is -0.154. The minimum Gasteiger partial charge on any atom is -0.492 e. The maximum Gasteiger partial charge on any atom is 0.253 e. The molecule has 3 aromatic rings. The van der Waals surface area contributed by atoms with Crippen molar-refractivity contribution in [2.75, 3.05) is 26.2 Å². The van der Waals surface area contributed by atoms with Crippen LogP contribution < -0.4 is 10.1 Å². The molecule has 2 amide bonds. The van der Waals surface area contributed by atoms with Gasteiger partial charge in [0.05, 0.1) is 17.8 Å². The first-order valence-electron chi connectivity index (χ1n) is 11.5. The number of nitrogens with zero attached hydrogens (tertiary/aromatic N) is 2. The van der Waals surface area contributed by atoms with Gasteiger partial charge in [-0.05, 0) is 68.3 Å². The van der Waals surface area contributed by atoms with Crippen molar-refractivity contribution in [2.45, 2.75) is 25.7 Å². The standard InChI is InChI=1S/C27H28ClN3O3/c1-19-7-12-24(26(32)29-15-18-34-23-5-3-2-4-6-23)25(30-19)20-13-16-31(17-14-20)27(33)21-8-10-22(28)11-9-21/h2-12,20H,13-18H2,1H3,(H,29,32). The Morgan fingerprint density at radius 1 is 1.03 bits per heavy atom. The first kappa shape index (κ1) is 23.8. The van der Waals surface area contributed by atoms with Crippen LogP contribution >= 0.6 is 11.6 Å². The maximum atomic E-state index is 12.9. The third kappa shape index (κ3) is 5.94. The largest absolute Gasteiger partial charge is 0.492 e. The number of halogens is 1. The molecule has 34 heavy (non-hydrogen) atoms. The van der Waals surface area contributed by atoms with Gasteiger partial charge < -0.3 is 15.0 Å². The number of hydrogen-bond acceptors (Lipinski definition) is 4. The number of carbonyl (C=O) groups is 2. The molecule has 0 bridgehead atoms. The summed E-state index contributed by atoms with van der Waals surface area (Å²) in [5.41, 5.74) is 2.90. The van der Waals surface area contributed by atoms with Crippen LogP contribution in [0, 0.1) is 6.92 Å². The van der Waals surface area contributed by atoms with E-state index in [4.69, 9.17) is 21.3 Å². The smallest absolute Gasteiger partial charge is 0.253 e. The van der Waals surface area contributed by atoms with Gasteiger partial charge in [0.2, 0.25) is 0 Å². The summed E-state index contributed by atoms with van der Waals surface area (Å²) in [7, 11) is 0. The Morgan fingerprint density at radius 2 is 1.74 bits per heavy atom. The summed E-state index contributed by atoms with van der Waals surface area (Å²) in [5.74, 6) is 0.743. The Hall–Kier alpha value is -3.38. The Kier molecular flexibility index (Phi) is 7.80. The molecule has 0 saturated carbocycles. The Labute approximate surface area is 204 Å². The number of aryl methyl sites for hydroxylation is 1. The van der Waals surface area contributed by atoms with Crippen LogP contribution in [0.15, 0.2) is 66.7 Å². The predicted octanol–water partition coefficient (Wildman–Crippen LogP) is 4.87. The van der Waals surface area contributed by atoms with Crippen LogP contribution in [0.4, 0.5) is 0 Å². The van der Waals surface area contributed by atoms with Crippen LogP contribution in [0.25, 0.3) is 0 Å². The second-order valence-corrected chi connectivity index (χ2v) is 8.81. The number of carbonyl (C=O) groups excluding carboxylic acids is 2. The summed E-state index contributed by atoms with van der Waals surface area (Å²) >= 11 is 5.94. The topological polar surface area (TPSA) is 71.5 Å². The van der Waals surface area contributed by atoms with Crippen molar-refractivity contribution in [3.8, 4) is 5.75 Å². The number of hydrogen-bond donors (Lipinski definition) is 1. The normalized spacial score (nSPS) is 14.0. The average Bonchev–Trinajstić information content (AvgIpc) is 2.87. The molecule has 1 aromatic heterocycles. The number of aromatic nitrogens is 1. The summed E-state index contributed by atoms with van der Waals surface area (Å²) in [6, 6.07) is 20.2. The van der Waals surface area contributed by atoms with Gasteiger partial charge in [-0.1, -0.05) is 29.8 Å². The number of ether oxygens (including phenoxy) is 1. The number of rotatable bonds is 7. The zero-order valence-electron chi connectivity index (χ0n) is 19.2. The van der Waals surface area contributed by atoms with E-state index in [0.717, 1.165) is 30.0 Å². The highest BCUT2D eigenvalue weighted by Gasteiger charge is 2.28. The molecule has 4 rings (SSSR count). The zero-order valence-corrected chi connectivity index (χ0v) is 19.9. The molecule has 1 aliphatic rings. The van der Waals surface area contributed by atoms with Crippen molar-refractivity contribution in [2.24, 2.45) is 0 Å². The number of nitrogens with one attached hydrogen (secondary N) is 1. The number of pyridine rings is 1. The highest BCUT2D eigenvalue weighted by molar-refractivity contribution is 6.30. The first-order chi connectivity index (χ1) is 16.5. The van der Waals surface area contributed by atoms with Gasteiger partial charge in [0, 0.05) is 35.3 Å². The van der Waals surface area contributed by atoms with Gasteiger partial charge in [0.25, 0.3) is 11.8 Å². The van der Waals surface area contributed by atoms with Crippen molar-refractivity contribution in [1.29, 1.82) is 0 Å². The van der Waals surface area contributed by atoms with Crippen LogP contribution in [0.5, 0.6) is 5.75 Å². The van der Waals surface area contributed by atoms with E-state index in [9.17, 15) is 9.59 Å². The molecule has 1 fully saturated rings. The lowest BCUT2D eigenvalue weighted by Crippen LogP contribution is -2.38. The quantitative estimate of drug-likeness (QED) is 0.493. The summed E-state index contributed by atoms with van der Waals surface area (Å²) < 4.78 is 5.66. The Bertz CT molecular complexity index is 1130. The highest BCUT2D eigenvalue weighted by Crippen LogP contribution is 2.30. The Balaban J connectivity index is 1.35. The number of para-hydroxylation sites is 1. The van der Waals surface area contributed by atoms with Gasteiger partial charge in [-0.2, -0.15) is 0 Å². The van der Waals surface area contributed by atoms with Gasteiger partial charge in [0.15, 0.2) is 0 Å². The molecule has 6 nitrogen and oxygen atoms in total. The van der Waals surface area contributed by atoms with Crippen molar-refractivity contribution >= 4 is 23.4 Å². The molecule has 0 spiro atoms. The summed E-state index contributed by atoms with van der Waals surface area (Å²) in [6.45, 7) is 3.95. The van der Waals surface area contributed by atoms with Crippen LogP contribution in [0.3, 0.4) is 0 Å². The van der Waals surface area contributed by atoms with Gasteiger partial charge in [-0.3, -0.25) is 14.6 Å². The molecular formula is C27H28ClN3O3. The van der Waals surface area contributed by atoms with Crippen LogP contribution in [-0.4, -0.2) is 47.9 Å². The molecule has 0 atom stereocenters. The molecule has 0 unspecified atom stereocenters. The number of amides is 2. The maximum absolute atomic E-state index is 12.9. The van der Waals surface area contributed by atoms with Gasteiger partial charge in [0.1, 0.15) is 12.4 Å². The lowest BCUT2D eigenvalue weighted by Gasteiger charge is -2.32. The zero-order chi connectivity index (χ0) is 23.9. The SMILES string of the molecule is Cc1ccc(C(=O)NCCOc2ccccc2)c(C2CCN(C(=O)c3ccc(Cl)cc3)CC2)n1. The fourth-order valence-electron chi connectivity index (χ4n) is 4.16. The van der Waals surface area contributed by atoms with Crippen molar-refractivity contribution < 1.29 is 14.3 Å². The van der Waals surface area contributed by atoms with Crippen LogP contribution in [-0.2, 0) is 0 Å². The first-order valence-corrected chi connectivity index (χ1v) is 11.9. The molecule has 1 N–H and O–H groups in total. The third-order valence-electron chi connectivity index (χ3n) is 5.97. The summed E-state index contributed by atoms with van der Waals surface area (Å²) in [6.07, 6.45) is 1.51.